The van der Waals surface area contributed by atoms with E-state index < -0.39 is 17.2 Å². The Bertz CT molecular complexity index is 1190. The molecule has 3 aromatic heterocycles. The van der Waals surface area contributed by atoms with Crippen LogP contribution >= 0.6 is 0 Å². The Kier molecular flexibility index (Phi) is 4.89. The van der Waals surface area contributed by atoms with E-state index in [4.69, 9.17) is 4.42 Å². The second kappa shape index (κ2) is 7.86. The lowest BCUT2D eigenvalue weighted by Gasteiger charge is -2.35. The van der Waals surface area contributed by atoms with Gasteiger partial charge in [-0.25, -0.2) is 4.79 Å². The number of carbonyl (C=O) groups is 1. The Morgan fingerprint density at radius 3 is 2.55 bits per heavy atom. The van der Waals surface area contributed by atoms with Gasteiger partial charge in [0.25, 0.3) is 11.5 Å². The van der Waals surface area contributed by atoms with E-state index in [0.29, 0.717) is 37.9 Å². The van der Waals surface area contributed by atoms with E-state index in [2.05, 4.69) is 20.1 Å². The van der Waals surface area contributed by atoms with Crippen molar-refractivity contribution in [1.82, 2.24) is 24.6 Å². The molecule has 0 spiro atoms. The van der Waals surface area contributed by atoms with Gasteiger partial charge in [0, 0.05) is 38.3 Å². The van der Waals surface area contributed by atoms with Gasteiger partial charge in [0.2, 0.25) is 0 Å². The van der Waals surface area contributed by atoms with Crippen molar-refractivity contribution in [2.75, 3.05) is 31.1 Å². The van der Waals surface area contributed by atoms with Crippen LogP contribution in [0.2, 0.25) is 0 Å². The maximum Gasteiger partial charge on any atom is 0.328 e. The SMILES string of the molecule is O=C(c1c[nH]c(=O)n(Cc2ccco2)c1=O)N1CCN(c2ccc(C3CC3)nn2)CC1. The molecule has 1 saturated carbocycles. The molecule has 1 amide bonds. The second-order valence-electron chi connectivity index (χ2n) is 7.85. The number of hydrogen-bond donors (Lipinski definition) is 1. The van der Waals surface area contributed by atoms with Crippen LogP contribution in [0.25, 0.3) is 0 Å². The zero-order valence-corrected chi connectivity index (χ0v) is 16.9. The molecular weight excluding hydrogens is 400 g/mol. The van der Waals surface area contributed by atoms with Crippen molar-refractivity contribution in [3.05, 3.63) is 74.6 Å². The zero-order chi connectivity index (χ0) is 21.4. The van der Waals surface area contributed by atoms with Crippen LogP contribution < -0.4 is 16.1 Å². The molecule has 4 heterocycles. The van der Waals surface area contributed by atoms with Gasteiger partial charge in [-0.05, 0) is 37.1 Å². The molecule has 31 heavy (non-hydrogen) atoms. The van der Waals surface area contributed by atoms with Gasteiger partial charge in [-0.2, -0.15) is 5.10 Å². The summed E-state index contributed by atoms with van der Waals surface area (Å²) >= 11 is 0. The summed E-state index contributed by atoms with van der Waals surface area (Å²) in [5, 5.41) is 8.65. The molecule has 2 fully saturated rings. The number of furan rings is 1. The van der Waals surface area contributed by atoms with Crippen molar-refractivity contribution in [1.29, 1.82) is 0 Å². The van der Waals surface area contributed by atoms with E-state index in [1.54, 1.807) is 17.0 Å². The van der Waals surface area contributed by atoms with Gasteiger partial charge in [0.1, 0.15) is 11.3 Å². The van der Waals surface area contributed by atoms with Gasteiger partial charge >= 0.3 is 5.69 Å². The number of H-pyrrole nitrogens is 1. The average molecular weight is 422 g/mol. The molecule has 2 aliphatic rings. The predicted octanol–water partition coefficient (Wildman–Crippen LogP) is 0.808. The van der Waals surface area contributed by atoms with E-state index in [-0.39, 0.29) is 12.1 Å². The van der Waals surface area contributed by atoms with Crippen molar-refractivity contribution < 1.29 is 9.21 Å². The number of nitrogens with zero attached hydrogens (tertiary/aromatic N) is 5. The third-order valence-corrected chi connectivity index (χ3v) is 5.74. The Morgan fingerprint density at radius 1 is 1.10 bits per heavy atom. The highest BCUT2D eigenvalue weighted by Crippen LogP contribution is 2.38. The summed E-state index contributed by atoms with van der Waals surface area (Å²) in [4.78, 5) is 44.1. The smallest absolute Gasteiger partial charge is 0.328 e. The van der Waals surface area contributed by atoms with E-state index in [1.165, 1.54) is 25.3 Å². The largest absolute Gasteiger partial charge is 0.467 e. The van der Waals surface area contributed by atoms with Crippen molar-refractivity contribution in [2.45, 2.75) is 25.3 Å². The molecule has 0 unspecified atom stereocenters. The highest BCUT2D eigenvalue weighted by atomic mass is 16.3. The highest BCUT2D eigenvalue weighted by molar-refractivity contribution is 5.93. The molecule has 0 atom stereocenters. The maximum atomic E-state index is 13.0. The normalized spacial score (nSPS) is 16.5. The number of carbonyl (C=O) groups excluding carboxylic acids is 1. The Hall–Kier alpha value is -3.69. The van der Waals surface area contributed by atoms with Gasteiger partial charge in [-0.1, -0.05) is 0 Å². The van der Waals surface area contributed by atoms with Crippen LogP contribution in [-0.2, 0) is 6.54 Å². The third kappa shape index (κ3) is 3.88. The van der Waals surface area contributed by atoms with E-state index in [9.17, 15) is 14.4 Å². The molecule has 0 aromatic carbocycles. The quantitative estimate of drug-likeness (QED) is 0.646. The molecule has 5 rings (SSSR count). The molecule has 1 aliphatic heterocycles. The summed E-state index contributed by atoms with van der Waals surface area (Å²) < 4.78 is 6.19. The monoisotopic (exact) mass is 422 g/mol. The zero-order valence-electron chi connectivity index (χ0n) is 16.9. The van der Waals surface area contributed by atoms with Crippen LogP contribution in [0.4, 0.5) is 5.82 Å². The first-order chi connectivity index (χ1) is 15.1. The molecule has 1 N–H and O–H groups in total. The lowest BCUT2D eigenvalue weighted by molar-refractivity contribution is 0.0743. The first-order valence-corrected chi connectivity index (χ1v) is 10.3. The molecule has 160 valence electrons. The molecule has 3 aromatic rings. The number of hydrogen-bond acceptors (Lipinski definition) is 7. The van der Waals surface area contributed by atoms with Gasteiger partial charge in [0.15, 0.2) is 5.82 Å². The van der Waals surface area contributed by atoms with Crippen LogP contribution in [-0.4, -0.2) is 56.7 Å². The van der Waals surface area contributed by atoms with Gasteiger partial charge < -0.3 is 19.2 Å². The minimum atomic E-state index is -0.630. The predicted molar refractivity (Wildman–Crippen MR) is 111 cm³/mol. The Balaban J connectivity index is 1.28. The van der Waals surface area contributed by atoms with Crippen LogP contribution in [0.1, 0.15) is 40.6 Å². The second-order valence-corrected chi connectivity index (χ2v) is 7.85. The number of aromatic amines is 1. The summed E-state index contributed by atoms with van der Waals surface area (Å²) in [7, 11) is 0. The molecule has 0 bridgehead atoms. The lowest BCUT2D eigenvalue weighted by atomic mass is 10.2. The van der Waals surface area contributed by atoms with Crippen LogP contribution in [0.5, 0.6) is 0 Å². The molecule has 10 nitrogen and oxygen atoms in total. The number of rotatable bonds is 5. The molecule has 0 radical (unpaired) electrons. The molecule has 10 heteroatoms. The van der Waals surface area contributed by atoms with Crippen molar-refractivity contribution in [3.8, 4) is 0 Å². The summed E-state index contributed by atoms with van der Waals surface area (Å²) in [6, 6.07) is 7.35. The first kappa shape index (κ1) is 19.3. The van der Waals surface area contributed by atoms with Crippen molar-refractivity contribution in [3.63, 3.8) is 0 Å². The van der Waals surface area contributed by atoms with Gasteiger partial charge in [-0.3, -0.25) is 14.2 Å². The average Bonchev–Trinajstić information content (AvgIpc) is 3.52. The Morgan fingerprint density at radius 2 is 1.90 bits per heavy atom. The summed E-state index contributed by atoms with van der Waals surface area (Å²) in [5.41, 5.74) is -0.236. The van der Waals surface area contributed by atoms with Crippen LogP contribution in [0, 0.1) is 0 Å². The van der Waals surface area contributed by atoms with E-state index >= 15 is 0 Å². The van der Waals surface area contributed by atoms with Crippen LogP contribution in [0.3, 0.4) is 0 Å². The third-order valence-electron chi connectivity index (χ3n) is 5.74. The van der Waals surface area contributed by atoms with E-state index in [0.717, 1.165) is 16.1 Å². The number of aromatic nitrogens is 4. The van der Waals surface area contributed by atoms with Crippen molar-refractivity contribution in [2.24, 2.45) is 0 Å². The first-order valence-electron chi connectivity index (χ1n) is 10.3. The fourth-order valence-electron chi connectivity index (χ4n) is 3.78. The fraction of sp³-hybridized carbons (Fsp3) is 0.381. The highest BCUT2D eigenvalue weighted by Gasteiger charge is 2.28. The Labute approximate surface area is 177 Å². The summed E-state index contributed by atoms with van der Waals surface area (Å²) in [6.45, 7) is 2.04. The minimum absolute atomic E-state index is 0.0361. The number of amides is 1. The summed E-state index contributed by atoms with van der Waals surface area (Å²) in [6.07, 6.45) is 5.03. The summed E-state index contributed by atoms with van der Waals surface area (Å²) in [5.74, 6) is 1.41. The van der Waals surface area contributed by atoms with Crippen molar-refractivity contribution >= 4 is 11.7 Å². The molecular formula is C21H22N6O4. The van der Waals surface area contributed by atoms with Gasteiger partial charge in [-0.15, -0.1) is 5.10 Å². The van der Waals surface area contributed by atoms with E-state index in [1.807, 2.05) is 12.1 Å². The van der Waals surface area contributed by atoms with Crippen LogP contribution in [0.15, 0.2) is 50.7 Å². The lowest BCUT2D eigenvalue weighted by Crippen LogP contribution is -2.51. The number of nitrogens with one attached hydrogen (secondary N) is 1. The van der Waals surface area contributed by atoms with Gasteiger partial charge in [0.05, 0.1) is 18.5 Å². The minimum Gasteiger partial charge on any atom is -0.467 e. The number of anilines is 1. The molecule has 1 aliphatic carbocycles. The molecule has 1 saturated heterocycles. The number of piperazine rings is 1. The maximum absolute atomic E-state index is 13.0. The fourth-order valence-corrected chi connectivity index (χ4v) is 3.78. The topological polar surface area (TPSA) is 117 Å². The standard InChI is InChI=1S/C21H22N6O4/c28-19(16-12-22-21(30)27(20(16)29)13-15-2-1-11-31-15)26-9-7-25(8-10-26)18-6-5-17(23-24-18)14-3-4-14/h1-2,5-6,11-12,14H,3-4,7-10,13H2,(H,22,30).